The highest BCUT2D eigenvalue weighted by atomic mass is 32.2. The van der Waals surface area contributed by atoms with E-state index in [2.05, 4.69) is 16.0 Å². The van der Waals surface area contributed by atoms with Crippen LogP contribution in [0.1, 0.15) is 15.9 Å². The molecule has 0 aliphatic carbocycles. The van der Waals surface area contributed by atoms with Crippen LogP contribution in [0.2, 0.25) is 0 Å². The normalized spacial score (nSPS) is 11.5. The highest BCUT2D eigenvalue weighted by molar-refractivity contribution is 7.98. The third-order valence-electron chi connectivity index (χ3n) is 4.63. The molecule has 0 bridgehead atoms. The van der Waals surface area contributed by atoms with E-state index >= 15 is 0 Å². The number of anilines is 1. The van der Waals surface area contributed by atoms with Crippen LogP contribution in [-0.4, -0.2) is 36.8 Å². The van der Waals surface area contributed by atoms with Crippen LogP contribution < -0.4 is 4.90 Å². The summed E-state index contributed by atoms with van der Waals surface area (Å²) in [5, 5.41) is 0.548. The van der Waals surface area contributed by atoms with E-state index in [0.717, 1.165) is 26.9 Å². The van der Waals surface area contributed by atoms with Crippen molar-refractivity contribution in [3.63, 3.8) is 0 Å². The van der Waals surface area contributed by atoms with E-state index in [4.69, 9.17) is 0 Å². The molecule has 0 atom stereocenters. The van der Waals surface area contributed by atoms with Gasteiger partial charge in [0.1, 0.15) is 0 Å². The minimum absolute atomic E-state index is 0.105. The van der Waals surface area contributed by atoms with Crippen LogP contribution in [0.5, 0.6) is 0 Å². The maximum atomic E-state index is 13.5. The summed E-state index contributed by atoms with van der Waals surface area (Å²) >= 11 is 3.07. The zero-order chi connectivity index (χ0) is 22.0. The van der Waals surface area contributed by atoms with Crippen molar-refractivity contribution in [1.82, 2.24) is 9.97 Å². The zero-order valence-corrected chi connectivity index (χ0v) is 19.3. The first-order valence-electron chi connectivity index (χ1n) is 9.30. The average molecular weight is 470 g/mol. The van der Waals surface area contributed by atoms with Crippen LogP contribution in [0, 0.1) is 0 Å². The van der Waals surface area contributed by atoms with Gasteiger partial charge < -0.3 is 0 Å². The minimum atomic E-state index is -3.43. The third-order valence-corrected chi connectivity index (χ3v) is 7.51. The molecular weight excluding hydrogens is 450 g/mol. The molecule has 6 nitrogen and oxygen atoms in total. The van der Waals surface area contributed by atoms with E-state index in [-0.39, 0.29) is 22.9 Å². The lowest BCUT2D eigenvalue weighted by molar-refractivity contribution is 0.0985. The Bertz CT molecular complexity index is 1350. The Balaban J connectivity index is 1.79. The number of thiazole rings is 1. The van der Waals surface area contributed by atoms with E-state index < -0.39 is 9.84 Å². The topological polar surface area (TPSA) is 80.2 Å². The summed E-state index contributed by atoms with van der Waals surface area (Å²) in [5.41, 5.74) is 1.95. The molecule has 1 amide bonds. The lowest BCUT2D eigenvalue weighted by atomic mass is 10.2. The largest absolute Gasteiger partial charge is 0.279 e. The Morgan fingerprint density at radius 3 is 2.68 bits per heavy atom. The average Bonchev–Trinajstić information content (AvgIpc) is 3.20. The van der Waals surface area contributed by atoms with Crippen LogP contribution in [0.15, 0.2) is 76.8 Å². The van der Waals surface area contributed by atoms with Gasteiger partial charge in [0.05, 0.1) is 21.7 Å². The van der Waals surface area contributed by atoms with Crippen LogP contribution in [-0.2, 0) is 16.4 Å². The van der Waals surface area contributed by atoms with Crippen molar-refractivity contribution in [3.8, 4) is 0 Å². The van der Waals surface area contributed by atoms with Crippen molar-refractivity contribution in [1.29, 1.82) is 0 Å². The molecule has 0 unspecified atom stereocenters. The second-order valence-electron chi connectivity index (χ2n) is 6.88. The first-order chi connectivity index (χ1) is 14.8. The monoisotopic (exact) mass is 469 g/mol. The van der Waals surface area contributed by atoms with Gasteiger partial charge in [-0.2, -0.15) is 0 Å². The molecule has 9 heteroatoms. The Labute approximate surface area is 188 Å². The van der Waals surface area contributed by atoms with Gasteiger partial charge in [0, 0.05) is 29.1 Å². The number of benzene rings is 2. The van der Waals surface area contributed by atoms with Crippen molar-refractivity contribution in [2.24, 2.45) is 0 Å². The molecule has 4 rings (SSSR count). The molecular formula is C22H19N3O3S3. The summed E-state index contributed by atoms with van der Waals surface area (Å²) < 4.78 is 24.9. The summed E-state index contributed by atoms with van der Waals surface area (Å²) in [6.07, 6.45) is 6.51. The predicted molar refractivity (Wildman–Crippen MR) is 126 cm³/mol. The molecule has 0 saturated heterocycles. The van der Waals surface area contributed by atoms with E-state index in [1.54, 1.807) is 41.2 Å². The summed E-state index contributed by atoms with van der Waals surface area (Å²) in [6.45, 7) is 0.269. The number of amides is 1. The quantitative estimate of drug-likeness (QED) is 0.382. The van der Waals surface area contributed by atoms with Crippen molar-refractivity contribution < 1.29 is 13.2 Å². The van der Waals surface area contributed by atoms with Gasteiger partial charge in [-0.05, 0) is 54.3 Å². The van der Waals surface area contributed by atoms with Crippen LogP contribution in [0.4, 0.5) is 5.13 Å². The summed E-state index contributed by atoms with van der Waals surface area (Å²) in [6, 6.07) is 15.8. The Morgan fingerprint density at radius 1 is 1.13 bits per heavy atom. The number of nitrogens with zero attached hydrogens (tertiary/aromatic N) is 3. The molecule has 4 aromatic rings. The van der Waals surface area contributed by atoms with E-state index in [9.17, 15) is 13.2 Å². The van der Waals surface area contributed by atoms with Crippen molar-refractivity contribution >= 4 is 54.2 Å². The fourth-order valence-corrected chi connectivity index (χ4v) is 5.24. The molecule has 158 valence electrons. The van der Waals surface area contributed by atoms with Crippen molar-refractivity contribution in [3.05, 3.63) is 78.1 Å². The first-order valence-corrected chi connectivity index (χ1v) is 13.2. The zero-order valence-electron chi connectivity index (χ0n) is 16.8. The van der Waals surface area contributed by atoms with Gasteiger partial charge in [0.15, 0.2) is 15.0 Å². The summed E-state index contributed by atoms with van der Waals surface area (Å²) in [4.78, 5) is 25.1. The number of sulfone groups is 1. The third kappa shape index (κ3) is 4.79. The van der Waals surface area contributed by atoms with Crippen molar-refractivity contribution in [2.75, 3.05) is 17.4 Å². The predicted octanol–water partition coefficient (Wildman–Crippen LogP) is 4.66. The number of carbonyl (C=O) groups excluding carboxylic acids is 1. The van der Waals surface area contributed by atoms with Gasteiger partial charge in [0.25, 0.3) is 5.91 Å². The molecule has 0 N–H and O–H groups in total. The molecule has 2 aromatic heterocycles. The second-order valence-corrected chi connectivity index (χ2v) is 10.8. The Kier molecular flexibility index (Phi) is 6.08. The molecule has 0 aliphatic heterocycles. The van der Waals surface area contributed by atoms with Gasteiger partial charge in [0.2, 0.25) is 0 Å². The molecule has 0 saturated carbocycles. The van der Waals surface area contributed by atoms with Crippen LogP contribution in [0.25, 0.3) is 10.2 Å². The van der Waals surface area contributed by atoms with Gasteiger partial charge in [-0.25, -0.2) is 13.4 Å². The highest BCUT2D eigenvalue weighted by Gasteiger charge is 2.23. The molecule has 2 heterocycles. The highest BCUT2D eigenvalue weighted by Crippen LogP contribution is 2.33. The number of aromatic nitrogens is 2. The minimum Gasteiger partial charge on any atom is -0.279 e. The van der Waals surface area contributed by atoms with E-state index in [0.29, 0.717) is 5.13 Å². The number of hydrogen-bond donors (Lipinski definition) is 0. The number of fused-ring (bicyclic) bond motifs is 1. The van der Waals surface area contributed by atoms with Gasteiger partial charge in [-0.15, -0.1) is 11.8 Å². The summed E-state index contributed by atoms with van der Waals surface area (Å²) in [5.74, 6) is -0.321. The molecule has 0 spiro atoms. The Morgan fingerprint density at radius 2 is 1.97 bits per heavy atom. The standard InChI is InChI=1S/C22H19N3O3S3/c1-29-17-8-9-19-20(12-17)30-22(24-19)25(14-15-5-4-10-23-13-15)21(26)16-6-3-7-18(11-16)31(2,27)28/h3-13H,14H2,1-2H3. The van der Waals surface area contributed by atoms with Gasteiger partial charge in [-0.3, -0.25) is 14.7 Å². The Hall–Kier alpha value is -2.75. The van der Waals surface area contributed by atoms with E-state index in [1.807, 2.05) is 30.5 Å². The number of pyridine rings is 1. The fourth-order valence-electron chi connectivity index (χ4n) is 3.05. The van der Waals surface area contributed by atoms with Gasteiger partial charge in [-0.1, -0.05) is 23.5 Å². The first kappa shape index (κ1) is 21.5. The summed E-state index contributed by atoms with van der Waals surface area (Å²) in [7, 11) is -3.43. The molecule has 31 heavy (non-hydrogen) atoms. The number of rotatable bonds is 6. The molecule has 2 aromatic carbocycles. The number of carbonyl (C=O) groups is 1. The second kappa shape index (κ2) is 8.78. The maximum absolute atomic E-state index is 13.5. The van der Waals surface area contributed by atoms with Crippen LogP contribution in [0.3, 0.4) is 0 Å². The molecule has 0 fully saturated rings. The smallest absolute Gasteiger partial charge is 0.260 e. The fraction of sp³-hybridized carbons (Fsp3) is 0.136. The molecule has 0 aliphatic rings. The van der Waals surface area contributed by atoms with Crippen LogP contribution >= 0.6 is 23.1 Å². The maximum Gasteiger partial charge on any atom is 0.260 e. The lowest BCUT2D eigenvalue weighted by Gasteiger charge is -2.20. The number of thioether (sulfide) groups is 1. The van der Waals surface area contributed by atoms with E-state index in [1.165, 1.54) is 23.5 Å². The van der Waals surface area contributed by atoms with Crippen molar-refractivity contribution in [2.45, 2.75) is 16.3 Å². The molecule has 0 radical (unpaired) electrons. The number of hydrogen-bond acceptors (Lipinski definition) is 7. The lowest BCUT2D eigenvalue weighted by Crippen LogP contribution is -2.30. The SMILES string of the molecule is CSc1ccc2nc(N(Cc3cccnc3)C(=O)c3cccc(S(C)(=O)=O)c3)sc2c1. The van der Waals surface area contributed by atoms with Gasteiger partial charge >= 0.3 is 0 Å².